The van der Waals surface area contributed by atoms with Crippen molar-refractivity contribution < 1.29 is 4.79 Å². The number of hydrogen-bond donors (Lipinski definition) is 2. The quantitative estimate of drug-likeness (QED) is 0.840. The molecule has 0 aliphatic carbocycles. The van der Waals surface area contributed by atoms with Crippen LogP contribution in [0.3, 0.4) is 0 Å². The third-order valence-electron chi connectivity index (χ3n) is 3.44. The van der Waals surface area contributed by atoms with E-state index < -0.39 is 0 Å². The molecule has 1 atom stereocenters. The maximum atomic E-state index is 12.2. The van der Waals surface area contributed by atoms with Crippen LogP contribution in [0.2, 0.25) is 0 Å². The fraction of sp³-hybridized carbons (Fsp3) is 0.571. The summed E-state index contributed by atoms with van der Waals surface area (Å²) in [5.74, 6) is -0.0431. The predicted molar refractivity (Wildman–Crippen MR) is 76.4 cm³/mol. The van der Waals surface area contributed by atoms with Gasteiger partial charge in [0.15, 0.2) is 0 Å². The van der Waals surface area contributed by atoms with E-state index in [1.165, 1.54) is 12.8 Å². The number of rotatable bonds is 5. The van der Waals surface area contributed by atoms with Gasteiger partial charge < -0.3 is 15.5 Å². The Hall–Kier alpha value is -1.62. The zero-order chi connectivity index (χ0) is 13.7. The Kier molecular flexibility index (Phi) is 4.74. The molecule has 1 aliphatic heterocycles. The first kappa shape index (κ1) is 13.8. The van der Waals surface area contributed by atoms with Crippen molar-refractivity contribution in [3.8, 4) is 0 Å². The Morgan fingerprint density at radius 3 is 2.89 bits per heavy atom. The van der Waals surface area contributed by atoms with E-state index in [1.54, 1.807) is 25.5 Å². The molecule has 0 aromatic carbocycles. The van der Waals surface area contributed by atoms with Crippen molar-refractivity contribution in [3.63, 3.8) is 0 Å². The van der Waals surface area contributed by atoms with E-state index in [0.29, 0.717) is 5.56 Å². The van der Waals surface area contributed by atoms with E-state index in [4.69, 9.17) is 0 Å². The lowest BCUT2D eigenvalue weighted by molar-refractivity contribution is 0.0932. The minimum atomic E-state index is -0.0431. The van der Waals surface area contributed by atoms with Crippen LogP contribution in [0.25, 0.3) is 0 Å². The van der Waals surface area contributed by atoms with E-state index in [1.807, 2.05) is 0 Å². The highest BCUT2D eigenvalue weighted by Gasteiger charge is 2.17. The lowest BCUT2D eigenvalue weighted by Crippen LogP contribution is -2.41. The number of nitrogens with zero attached hydrogens (tertiary/aromatic N) is 2. The molecule has 19 heavy (non-hydrogen) atoms. The van der Waals surface area contributed by atoms with Crippen molar-refractivity contribution in [3.05, 3.63) is 24.0 Å². The number of carbonyl (C=O) groups excluding carboxylic acids is 1. The molecule has 1 aromatic rings. The van der Waals surface area contributed by atoms with Crippen LogP contribution < -0.4 is 10.6 Å². The van der Waals surface area contributed by atoms with Crippen LogP contribution in [-0.4, -0.2) is 48.5 Å². The fourth-order valence-corrected chi connectivity index (χ4v) is 2.49. The lowest BCUT2D eigenvalue weighted by atomic mass is 10.2. The Morgan fingerprint density at radius 1 is 1.47 bits per heavy atom. The lowest BCUT2D eigenvalue weighted by Gasteiger charge is -2.21. The van der Waals surface area contributed by atoms with Gasteiger partial charge >= 0.3 is 0 Å². The van der Waals surface area contributed by atoms with Gasteiger partial charge in [-0.05, 0) is 38.9 Å². The molecule has 0 bridgehead atoms. The molecule has 1 aromatic heterocycles. The Morgan fingerprint density at radius 2 is 2.21 bits per heavy atom. The van der Waals surface area contributed by atoms with Crippen molar-refractivity contribution in [2.75, 3.05) is 32.0 Å². The highest BCUT2D eigenvalue weighted by atomic mass is 16.1. The summed E-state index contributed by atoms with van der Waals surface area (Å²) in [6.45, 7) is 5.27. The number of likely N-dealkylation sites (tertiary alicyclic amines) is 1. The number of anilines is 1. The molecular formula is C14H22N4O. The molecule has 5 nitrogen and oxygen atoms in total. The Balaban J connectivity index is 1.92. The SMILES string of the molecule is CNc1cnccc1C(=O)NC(C)CN1CCCC1. The van der Waals surface area contributed by atoms with Gasteiger partial charge in [0, 0.05) is 25.8 Å². The van der Waals surface area contributed by atoms with Gasteiger partial charge in [0.05, 0.1) is 17.4 Å². The minimum absolute atomic E-state index is 0.0431. The number of amides is 1. The van der Waals surface area contributed by atoms with Crippen LogP contribution in [0, 0.1) is 0 Å². The summed E-state index contributed by atoms with van der Waals surface area (Å²) in [6.07, 6.45) is 5.85. The first-order chi connectivity index (χ1) is 9.20. The molecule has 1 unspecified atom stereocenters. The third kappa shape index (κ3) is 3.67. The summed E-state index contributed by atoms with van der Waals surface area (Å²) in [5.41, 5.74) is 1.40. The Labute approximate surface area is 114 Å². The molecule has 1 aliphatic rings. The largest absolute Gasteiger partial charge is 0.386 e. The van der Waals surface area contributed by atoms with Crippen molar-refractivity contribution in [2.45, 2.75) is 25.8 Å². The standard InChI is InChI=1S/C14H22N4O/c1-11(10-18-7-3-4-8-18)17-14(19)12-5-6-16-9-13(12)15-2/h5-6,9,11,15H,3-4,7-8,10H2,1-2H3,(H,17,19). The highest BCUT2D eigenvalue weighted by molar-refractivity contribution is 5.99. The van der Waals surface area contributed by atoms with Gasteiger partial charge in [0.1, 0.15) is 0 Å². The van der Waals surface area contributed by atoms with E-state index in [9.17, 15) is 4.79 Å². The summed E-state index contributed by atoms with van der Waals surface area (Å²) < 4.78 is 0. The van der Waals surface area contributed by atoms with Gasteiger partial charge in [-0.25, -0.2) is 0 Å². The minimum Gasteiger partial charge on any atom is -0.386 e. The number of hydrogen-bond acceptors (Lipinski definition) is 4. The molecule has 1 fully saturated rings. The average molecular weight is 262 g/mol. The number of carbonyl (C=O) groups is 1. The number of aromatic nitrogens is 1. The van der Waals surface area contributed by atoms with Gasteiger partial charge in [0.2, 0.25) is 0 Å². The second kappa shape index (κ2) is 6.52. The monoisotopic (exact) mass is 262 g/mol. The normalized spacial score (nSPS) is 17.2. The molecule has 5 heteroatoms. The van der Waals surface area contributed by atoms with Gasteiger partial charge in [0.25, 0.3) is 5.91 Å². The van der Waals surface area contributed by atoms with E-state index >= 15 is 0 Å². The molecule has 104 valence electrons. The van der Waals surface area contributed by atoms with Crippen molar-refractivity contribution >= 4 is 11.6 Å². The highest BCUT2D eigenvalue weighted by Crippen LogP contribution is 2.13. The summed E-state index contributed by atoms with van der Waals surface area (Å²) in [4.78, 5) is 18.6. The summed E-state index contributed by atoms with van der Waals surface area (Å²) in [6, 6.07) is 1.90. The van der Waals surface area contributed by atoms with Crippen molar-refractivity contribution in [1.82, 2.24) is 15.2 Å². The van der Waals surface area contributed by atoms with Gasteiger partial charge in [-0.15, -0.1) is 0 Å². The maximum Gasteiger partial charge on any atom is 0.253 e. The second-order valence-electron chi connectivity index (χ2n) is 5.05. The van der Waals surface area contributed by atoms with Crippen LogP contribution in [0.15, 0.2) is 18.5 Å². The molecule has 0 spiro atoms. The van der Waals surface area contributed by atoms with E-state index in [0.717, 1.165) is 25.3 Å². The zero-order valence-corrected chi connectivity index (χ0v) is 11.6. The fourth-order valence-electron chi connectivity index (χ4n) is 2.49. The van der Waals surface area contributed by atoms with E-state index in [2.05, 4.69) is 27.4 Å². The zero-order valence-electron chi connectivity index (χ0n) is 11.6. The van der Waals surface area contributed by atoms with Crippen LogP contribution in [0.5, 0.6) is 0 Å². The van der Waals surface area contributed by atoms with Gasteiger partial charge in [-0.2, -0.15) is 0 Å². The van der Waals surface area contributed by atoms with Crippen LogP contribution >= 0.6 is 0 Å². The van der Waals surface area contributed by atoms with Gasteiger partial charge in [-0.1, -0.05) is 0 Å². The molecule has 0 radical (unpaired) electrons. The van der Waals surface area contributed by atoms with Crippen molar-refractivity contribution in [1.29, 1.82) is 0 Å². The molecular weight excluding hydrogens is 240 g/mol. The average Bonchev–Trinajstić information content (AvgIpc) is 2.91. The summed E-state index contributed by atoms with van der Waals surface area (Å²) in [7, 11) is 1.79. The number of pyridine rings is 1. The van der Waals surface area contributed by atoms with Crippen LogP contribution in [-0.2, 0) is 0 Å². The van der Waals surface area contributed by atoms with E-state index in [-0.39, 0.29) is 11.9 Å². The van der Waals surface area contributed by atoms with Crippen LogP contribution in [0.4, 0.5) is 5.69 Å². The first-order valence-corrected chi connectivity index (χ1v) is 6.85. The topological polar surface area (TPSA) is 57.3 Å². The molecule has 2 rings (SSSR count). The van der Waals surface area contributed by atoms with Gasteiger partial charge in [-0.3, -0.25) is 9.78 Å². The summed E-state index contributed by atoms with van der Waals surface area (Å²) in [5, 5.41) is 6.04. The smallest absolute Gasteiger partial charge is 0.253 e. The van der Waals surface area contributed by atoms with Crippen molar-refractivity contribution in [2.24, 2.45) is 0 Å². The third-order valence-corrected chi connectivity index (χ3v) is 3.44. The first-order valence-electron chi connectivity index (χ1n) is 6.85. The molecule has 2 N–H and O–H groups in total. The molecule has 2 heterocycles. The maximum absolute atomic E-state index is 12.2. The molecule has 0 saturated carbocycles. The predicted octanol–water partition coefficient (Wildman–Crippen LogP) is 1.34. The molecule has 1 amide bonds. The van der Waals surface area contributed by atoms with Crippen LogP contribution in [0.1, 0.15) is 30.1 Å². The second-order valence-corrected chi connectivity index (χ2v) is 5.05. The summed E-state index contributed by atoms with van der Waals surface area (Å²) >= 11 is 0. The number of nitrogens with one attached hydrogen (secondary N) is 2. The Bertz CT molecular complexity index is 429. The molecule has 1 saturated heterocycles.